The number of alkyl halides is 3. The van der Waals surface area contributed by atoms with Gasteiger partial charge in [0.2, 0.25) is 0 Å². The molecule has 3 atom stereocenters. The largest absolute Gasteiger partial charge is 0.418 e. The highest BCUT2D eigenvalue weighted by molar-refractivity contribution is 5.94. The quantitative estimate of drug-likeness (QED) is 0.307. The molecule has 5 N–H and O–H groups in total. The number of amides is 2. The number of hydrogen-bond donors (Lipinski definition) is 3. The number of halogens is 3. The molecule has 2 amide bonds. The van der Waals surface area contributed by atoms with Crippen molar-refractivity contribution in [1.29, 1.82) is 0 Å². The van der Waals surface area contributed by atoms with E-state index < -0.39 is 18.3 Å². The summed E-state index contributed by atoms with van der Waals surface area (Å²) in [5.41, 5.74) is 6.66. The molecular weight excluding hydrogens is 465 g/mol. The van der Waals surface area contributed by atoms with Gasteiger partial charge in [-0.2, -0.15) is 13.2 Å². The lowest BCUT2D eigenvalue weighted by Gasteiger charge is -2.25. The summed E-state index contributed by atoms with van der Waals surface area (Å²) in [6, 6.07) is 12.8. The monoisotopic (exact) mass is 496 g/mol. The topological polar surface area (TPSA) is 120 Å². The van der Waals surface area contributed by atoms with Crippen LogP contribution in [0, 0.1) is 5.92 Å². The van der Waals surface area contributed by atoms with Crippen molar-refractivity contribution in [3.8, 4) is 0 Å². The van der Waals surface area contributed by atoms with Crippen LogP contribution in [0.1, 0.15) is 39.2 Å². The fourth-order valence-electron chi connectivity index (χ4n) is 3.42. The van der Waals surface area contributed by atoms with Gasteiger partial charge in [0, 0.05) is 31.3 Å². The first-order chi connectivity index (χ1) is 16.5. The second kappa shape index (κ2) is 13.2. The molecule has 192 valence electrons. The van der Waals surface area contributed by atoms with E-state index in [0.717, 1.165) is 0 Å². The molecule has 0 radical (unpaired) electrons. The highest BCUT2D eigenvalue weighted by Crippen LogP contribution is 2.30. The maximum absolute atomic E-state index is 13.0. The average molecular weight is 497 g/mol. The Morgan fingerprint density at radius 3 is 2.26 bits per heavy atom. The van der Waals surface area contributed by atoms with Gasteiger partial charge in [-0.1, -0.05) is 37.3 Å². The van der Waals surface area contributed by atoms with Gasteiger partial charge in [0.25, 0.3) is 11.8 Å². The molecule has 0 aliphatic rings. The number of carbonyl (C=O) groups is 2. The van der Waals surface area contributed by atoms with Crippen molar-refractivity contribution in [2.24, 2.45) is 17.5 Å². The summed E-state index contributed by atoms with van der Waals surface area (Å²) in [5, 5.41) is 2.77. The van der Waals surface area contributed by atoms with Crippen molar-refractivity contribution in [2.75, 3.05) is 33.4 Å². The van der Waals surface area contributed by atoms with E-state index in [1.807, 2.05) is 13.0 Å². The minimum absolute atomic E-state index is 0.00992. The van der Waals surface area contributed by atoms with Crippen molar-refractivity contribution in [2.45, 2.75) is 25.2 Å². The zero-order chi connectivity index (χ0) is 26.0. The molecule has 0 fully saturated rings. The van der Waals surface area contributed by atoms with E-state index in [1.165, 1.54) is 29.2 Å². The Labute approximate surface area is 202 Å². The second-order valence-electron chi connectivity index (χ2n) is 8.23. The molecule has 0 aliphatic heterocycles. The minimum atomic E-state index is -4.73. The number of rotatable bonds is 12. The van der Waals surface area contributed by atoms with Gasteiger partial charge in [-0.15, -0.1) is 0 Å². The normalized spacial score (nSPS) is 14.1. The van der Waals surface area contributed by atoms with Crippen LogP contribution in [0.3, 0.4) is 0 Å². The van der Waals surface area contributed by atoms with E-state index in [9.17, 15) is 22.8 Å². The van der Waals surface area contributed by atoms with Gasteiger partial charge < -0.3 is 20.7 Å². The first kappa shape index (κ1) is 28.2. The third-order valence-corrected chi connectivity index (χ3v) is 5.24. The van der Waals surface area contributed by atoms with Crippen LogP contribution in [0.15, 0.2) is 54.6 Å². The van der Waals surface area contributed by atoms with Gasteiger partial charge in [0.15, 0.2) is 6.10 Å². The zero-order valence-corrected chi connectivity index (χ0v) is 19.6. The van der Waals surface area contributed by atoms with Crippen LogP contribution in [0.5, 0.6) is 0 Å². The summed E-state index contributed by atoms with van der Waals surface area (Å²) < 4.78 is 44.5. The Kier molecular flexibility index (Phi) is 10.6. The van der Waals surface area contributed by atoms with Gasteiger partial charge >= 0.3 is 6.18 Å². The van der Waals surface area contributed by atoms with Crippen LogP contribution in [0.25, 0.3) is 0 Å². The third-order valence-electron chi connectivity index (χ3n) is 5.24. The predicted molar refractivity (Wildman–Crippen MR) is 124 cm³/mol. The highest BCUT2D eigenvalue weighted by atomic mass is 19.4. The van der Waals surface area contributed by atoms with E-state index >= 15 is 0 Å². The van der Waals surface area contributed by atoms with Crippen LogP contribution >= 0.6 is 0 Å². The Balaban J connectivity index is 1.76. The third kappa shape index (κ3) is 8.62. The van der Waals surface area contributed by atoms with Crippen molar-refractivity contribution >= 4 is 11.8 Å². The van der Waals surface area contributed by atoms with E-state index in [4.69, 9.17) is 16.4 Å². The first-order valence-electron chi connectivity index (χ1n) is 11.0. The lowest BCUT2D eigenvalue weighted by Crippen LogP contribution is -2.42. The van der Waals surface area contributed by atoms with Crippen molar-refractivity contribution in [3.05, 3.63) is 71.3 Å². The van der Waals surface area contributed by atoms with Crippen LogP contribution in [-0.4, -0.2) is 62.3 Å². The molecule has 0 saturated carbocycles. The molecule has 0 aliphatic carbocycles. The molecule has 11 heteroatoms. The zero-order valence-electron chi connectivity index (χ0n) is 19.6. The summed E-state index contributed by atoms with van der Waals surface area (Å²) >= 11 is 0. The summed E-state index contributed by atoms with van der Waals surface area (Å²) in [7, 11) is 1.63. The number of nitrogens with zero attached hydrogens (tertiary/aromatic N) is 1. The maximum Gasteiger partial charge on any atom is 0.418 e. The minimum Gasteiger partial charge on any atom is -0.379 e. The number of benzene rings is 2. The number of ether oxygens (including phenoxy) is 1. The molecule has 8 nitrogen and oxygen atoms in total. The molecule has 0 bridgehead atoms. The number of nitrogens with one attached hydrogen (secondary N) is 1. The van der Waals surface area contributed by atoms with Crippen LogP contribution in [-0.2, 0) is 9.57 Å². The summed E-state index contributed by atoms with van der Waals surface area (Å²) in [6.07, 6.45) is -7.09. The fraction of sp³-hybridized carbons (Fsp3) is 0.417. The van der Waals surface area contributed by atoms with Crippen molar-refractivity contribution in [1.82, 2.24) is 10.2 Å². The van der Waals surface area contributed by atoms with Crippen molar-refractivity contribution < 1.29 is 32.3 Å². The van der Waals surface area contributed by atoms with Crippen molar-refractivity contribution in [3.63, 3.8) is 0 Å². The Hall–Kier alpha value is -2.99. The Bertz CT molecular complexity index is 942. The summed E-state index contributed by atoms with van der Waals surface area (Å²) in [5.74, 6) is 4.30. The molecule has 2 rings (SSSR count). The average Bonchev–Trinajstić information content (AvgIpc) is 2.83. The molecule has 35 heavy (non-hydrogen) atoms. The predicted octanol–water partition coefficient (Wildman–Crippen LogP) is 2.66. The van der Waals surface area contributed by atoms with E-state index in [2.05, 4.69) is 10.2 Å². The molecule has 2 aromatic rings. The second-order valence-corrected chi connectivity index (χ2v) is 8.23. The number of carbonyl (C=O) groups excluding carboxylic acids is 2. The lowest BCUT2D eigenvalue weighted by atomic mass is 10.00. The van der Waals surface area contributed by atoms with Gasteiger partial charge in [0.05, 0.1) is 19.3 Å². The number of hydrogen-bond acceptors (Lipinski definition) is 6. The van der Waals surface area contributed by atoms with Gasteiger partial charge in [-0.25, -0.2) is 5.90 Å². The standard InChI is InChI=1S/C24H31F3N4O4/c1-16(15-34-13-12-30-22(32)18-6-4-3-5-7-18)14-31(2)23(33)19-10-8-17(9-11-19)20(28)21(35-29)24(25,26)27/h3-11,16,20-21H,12-15,28-29H2,1-2H3,(H,30,32)/t16?,20-,21?/m0/s1. The van der Waals surface area contributed by atoms with Crippen LogP contribution < -0.4 is 16.9 Å². The molecule has 2 unspecified atom stereocenters. The molecule has 0 aromatic heterocycles. The van der Waals surface area contributed by atoms with Gasteiger partial charge in [0.1, 0.15) is 0 Å². The molecule has 0 heterocycles. The van der Waals surface area contributed by atoms with E-state index in [1.54, 1.807) is 31.3 Å². The smallest absolute Gasteiger partial charge is 0.379 e. The molecular formula is C24H31F3N4O4. The summed E-state index contributed by atoms with van der Waals surface area (Å²) in [6.45, 7) is 3.37. The Morgan fingerprint density at radius 1 is 1.06 bits per heavy atom. The summed E-state index contributed by atoms with van der Waals surface area (Å²) in [4.78, 5) is 30.2. The highest BCUT2D eigenvalue weighted by Gasteiger charge is 2.45. The fourth-order valence-corrected chi connectivity index (χ4v) is 3.42. The van der Waals surface area contributed by atoms with Crippen LogP contribution in [0.2, 0.25) is 0 Å². The SMILES string of the molecule is CC(COCCNC(=O)c1ccccc1)CN(C)C(=O)c1ccc([C@H](N)C(ON)C(F)(F)F)cc1. The maximum atomic E-state index is 13.0. The molecule has 0 spiro atoms. The van der Waals surface area contributed by atoms with E-state index in [-0.39, 0.29) is 23.3 Å². The first-order valence-corrected chi connectivity index (χ1v) is 11.0. The van der Waals surface area contributed by atoms with Gasteiger partial charge in [-0.3, -0.25) is 14.4 Å². The Morgan fingerprint density at radius 2 is 1.69 bits per heavy atom. The molecule has 0 saturated heterocycles. The lowest BCUT2D eigenvalue weighted by molar-refractivity contribution is -0.228. The molecule has 2 aromatic carbocycles. The number of nitrogens with two attached hydrogens (primary N) is 2. The van der Waals surface area contributed by atoms with E-state index in [0.29, 0.717) is 37.4 Å². The van der Waals surface area contributed by atoms with Crippen LogP contribution in [0.4, 0.5) is 13.2 Å². The van der Waals surface area contributed by atoms with Gasteiger partial charge in [-0.05, 0) is 35.7 Å².